The quantitative estimate of drug-likeness (QED) is 0.276. The zero-order valence-corrected chi connectivity index (χ0v) is 25.4. The van der Waals surface area contributed by atoms with E-state index in [0.29, 0.717) is 55.5 Å². The molecule has 1 amide bonds. The Kier molecular flexibility index (Phi) is 8.96. The van der Waals surface area contributed by atoms with E-state index in [1.807, 2.05) is 43.3 Å². The van der Waals surface area contributed by atoms with E-state index in [1.54, 1.807) is 61.9 Å². The summed E-state index contributed by atoms with van der Waals surface area (Å²) >= 11 is 1.21. The van der Waals surface area contributed by atoms with Crippen molar-refractivity contribution >= 4 is 35.0 Å². The molecule has 1 aliphatic heterocycles. The first-order chi connectivity index (χ1) is 21.2. The monoisotopic (exact) mass is 613 g/mol. The highest BCUT2D eigenvalue weighted by molar-refractivity contribution is 7.07. The predicted octanol–water partition coefficient (Wildman–Crippen LogP) is 4.05. The number of aliphatic carboxylic acids is 1. The Balaban J connectivity index is 1.64. The van der Waals surface area contributed by atoms with E-state index in [4.69, 9.17) is 24.3 Å². The molecule has 1 aliphatic rings. The number of aryl methyl sites for hydroxylation is 1. The lowest BCUT2D eigenvalue weighted by molar-refractivity contribution is -0.139. The number of hydrogen-bond donors (Lipinski definition) is 2. The molecule has 0 saturated heterocycles. The smallest absolute Gasteiger partial charge is 0.341 e. The molecule has 1 atom stereocenters. The summed E-state index contributed by atoms with van der Waals surface area (Å²) in [4.78, 5) is 44.0. The van der Waals surface area contributed by atoms with Crippen LogP contribution in [0, 0.1) is 6.92 Å². The molecule has 0 bridgehead atoms. The molecule has 0 aliphatic carbocycles. The number of hydrogen-bond acceptors (Lipinski definition) is 8. The summed E-state index contributed by atoms with van der Waals surface area (Å²) in [6.07, 6.45) is 1.71. The van der Waals surface area contributed by atoms with E-state index in [-0.39, 0.29) is 17.2 Å². The lowest BCUT2D eigenvalue weighted by Crippen LogP contribution is -2.40. The number of rotatable bonds is 10. The fourth-order valence-electron chi connectivity index (χ4n) is 4.95. The summed E-state index contributed by atoms with van der Waals surface area (Å²) in [5.41, 5.74) is 3.40. The van der Waals surface area contributed by atoms with Gasteiger partial charge in [0.15, 0.2) is 22.9 Å². The minimum Gasteiger partial charge on any atom is -0.496 e. The number of amides is 1. The number of carboxylic acids is 1. The molecule has 0 radical (unpaired) electrons. The van der Waals surface area contributed by atoms with Crippen LogP contribution < -0.4 is 34.4 Å². The van der Waals surface area contributed by atoms with Crippen LogP contribution in [0.2, 0.25) is 0 Å². The number of methoxy groups -OCH3 is 1. The number of anilines is 1. The number of nitrogens with one attached hydrogen (secondary N) is 1. The number of fused-ring (bicyclic) bond motifs is 1. The maximum atomic E-state index is 14.1. The Morgan fingerprint density at radius 3 is 2.50 bits per heavy atom. The van der Waals surface area contributed by atoms with Crippen molar-refractivity contribution < 1.29 is 28.9 Å². The van der Waals surface area contributed by atoms with E-state index in [1.165, 1.54) is 11.3 Å². The van der Waals surface area contributed by atoms with Gasteiger partial charge in [-0.3, -0.25) is 14.2 Å². The highest BCUT2D eigenvalue weighted by atomic mass is 32.1. The number of para-hydroxylation sites is 1. The fraction of sp³-hybridized carbons (Fsp3) is 0.212. The van der Waals surface area contributed by atoms with Crippen LogP contribution in [0.15, 0.2) is 87.8 Å². The van der Waals surface area contributed by atoms with Gasteiger partial charge in [0.25, 0.3) is 11.5 Å². The molecule has 0 fully saturated rings. The second-order valence-electron chi connectivity index (χ2n) is 9.95. The maximum absolute atomic E-state index is 14.1. The molecule has 1 aromatic heterocycles. The minimum atomic E-state index is -1.11. The first-order valence-corrected chi connectivity index (χ1v) is 14.7. The summed E-state index contributed by atoms with van der Waals surface area (Å²) in [6, 6.07) is 19.0. The average Bonchev–Trinajstić information content (AvgIpc) is 3.30. The Morgan fingerprint density at radius 1 is 1.02 bits per heavy atom. The van der Waals surface area contributed by atoms with Crippen molar-refractivity contribution in [1.29, 1.82) is 0 Å². The van der Waals surface area contributed by atoms with Gasteiger partial charge in [0.2, 0.25) is 0 Å². The van der Waals surface area contributed by atoms with E-state index < -0.39 is 18.6 Å². The number of ether oxygens (including phenoxy) is 3. The minimum absolute atomic E-state index is 0.283. The van der Waals surface area contributed by atoms with Crippen LogP contribution in [0.1, 0.15) is 36.6 Å². The molecule has 0 saturated carbocycles. The Hall–Kier alpha value is -5.16. The number of carbonyl (C=O) groups is 2. The van der Waals surface area contributed by atoms with Crippen molar-refractivity contribution in [3.05, 3.63) is 114 Å². The zero-order chi connectivity index (χ0) is 31.4. The van der Waals surface area contributed by atoms with E-state index in [9.17, 15) is 14.4 Å². The van der Waals surface area contributed by atoms with Gasteiger partial charge in [-0.2, -0.15) is 0 Å². The predicted molar refractivity (Wildman–Crippen MR) is 167 cm³/mol. The van der Waals surface area contributed by atoms with Gasteiger partial charge in [0.05, 0.1) is 35.6 Å². The average molecular weight is 614 g/mol. The molecule has 3 aromatic carbocycles. The van der Waals surface area contributed by atoms with Crippen LogP contribution in [0.4, 0.5) is 5.69 Å². The van der Waals surface area contributed by atoms with Gasteiger partial charge < -0.3 is 24.6 Å². The number of thiazole rings is 1. The van der Waals surface area contributed by atoms with Crippen LogP contribution in [0.25, 0.3) is 6.08 Å². The number of carbonyl (C=O) groups excluding carboxylic acids is 1. The molecule has 11 heteroatoms. The third-order valence-corrected chi connectivity index (χ3v) is 7.95. The molecule has 44 heavy (non-hydrogen) atoms. The highest BCUT2D eigenvalue weighted by Crippen LogP contribution is 2.34. The van der Waals surface area contributed by atoms with Gasteiger partial charge in [0.1, 0.15) is 5.75 Å². The largest absolute Gasteiger partial charge is 0.496 e. The van der Waals surface area contributed by atoms with Gasteiger partial charge in [-0.05, 0) is 73.9 Å². The molecule has 5 rings (SSSR count). The second-order valence-corrected chi connectivity index (χ2v) is 11.0. The third-order valence-electron chi connectivity index (χ3n) is 6.96. The molecule has 4 aromatic rings. The van der Waals surface area contributed by atoms with Crippen molar-refractivity contribution in [3.63, 3.8) is 0 Å². The summed E-state index contributed by atoms with van der Waals surface area (Å²) < 4.78 is 18.5. The van der Waals surface area contributed by atoms with Gasteiger partial charge in [0, 0.05) is 5.69 Å². The molecule has 0 spiro atoms. The van der Waals surface area contributed by atoms with Crippen molar-refractivity contribution in [3.8, 4) is 17.2 Å². The first kappa shape index (κ1) is 30.3. The number of aromatic nitrogens is 1. The highest BCUT2D eigenvalue weighted by Gasteiger charge is 2.33. The van der Waals surface area contributed by atoms with Gasteiger partial charge in [-0.15, -0.1) is 0 Å². The number of nitrogens with zero attached hydrogens (tertiary/aromatic N) is 2. The lowest BCUT2D eigenvalue weighted by Gasteiger charge is -2.26. The Labute approximate surface area is 257 Å². The van der Waals surface area contributed by atoms with Gasteiger partial charge >= 0.3 is 5.97 Å². The summed E-state index contributed by atoms with van der Waals surface area (Å²) in [7, 11) is 1.58. The van der Waals surface area contributed by atoms with Crippen LogP contribution in [0.5, 0.6) is 17.2 Å². The van der Waals surface area contributed by atoms with Crippen LogP contribution in [-0.2, 0) is 9.59 Å². The maximum Gasteiger partial charge on any atom is 0.341 e. The first-order valence-electron chi connectivity index (χ1n) is 13.8. The number of allylic oxidation sites excluding steroid dienone is 1. The van der Waals surface area contributed by atoms with Crippen LogP contribution >= 0.6 is 11.3 Å². The van der Waals surface area contributed by atoms with Crippen LogP contribution in [0.3, 0.4) is 0 Å². The number of benzene rings is 3. The van der Waals surface area contributed by atoms with Gasteiger partial charge in [-0.25, -0.2) is 9.79 Å². The molecule has 0 unspecified atom stereocenters. The SMILES string of the molecule is CCOc1cc(/C=c2\sc3n(c2=O)[C@@H](c2ccc(C)c(OC)c2)C(C(=O)Nc2ccccc2)=C(C)N=3)ccc1OCC(=O)O. The Bertz CT molecular complexity index is 1940. The second kappa shape index (κ2) is 13.0. The fourth-order valence-corrected chi connectivity index (χ4v) is 5.99. The normalized spacial score (nSPS) is 14.5. The molecule has 226 valence electrons. The molecule has 2 N–H and O–H groups in total. The van der Waals surface area contributed by atoms with Crippen molar-refractivity contribution in [1.82, 2.24) is 4.57 Å². The summed E-state index contributed by atoms with van der Waals surface area (Å²) in [6.45, 7) is 5.31. The molecular weight excluding hydrogens is 582 g/mol. The summed E-state index contributed by atoms with van der Waals surface area (Å²) in [5.74, 6) is -0.197. The van der Waals surface area contributed by atoms with Crippen LogP contribution in [-0.4, -0.2) is 41.9 Å². The van der Waals surface area contributed by atoms with Crippen molar-refractivity contribution in [2.45, 2.75) is 26.8 Å². The Morgan fingerprint density at radius 2 is 1.80 bits per heavy atom. The van der Waals surface area contributed by atoms with Crippen molar-refractivity contribution in [2.24, 2.45) is 4.99 Å². The zero-order valence-electron chi connectivity index (χ0n) is 24.6. The molecular formula is C33H31N3O7S. The standard InChI is InChI=1S/C33H31N3O7S/c1-5-42-26-15-21(12-14-24(26)43-18-28(37)38)16-27-32(40)36-30(22-13-11-19(2)25(17-22)41-4)29(20(3)34-33(36)44-27)31(39)35-23-9-7-6-8-10-23/h6-17,30H,5,18H2,1-4H3,(H,35,39)(H,37,38)/b27-16-/t30-/m0/s1. The summed E-state index contributed by atoms with van der Waals surface area (Å²) in [5, 5.41) is 11.9. The van der Waals surface area contributed by atoms with Crippen molar-refractivity contribution in [2.75, 3.05) is 25.6 Å². The van der Waals surface area contributed by atoms with E-state index in [2.05, 4.69) is 5.32 Å². The molecule has 10 nitrogen and oxygen atoms in total. The lowest BCUT2D eigenvalue weighted by atomic mass is 9.94. The van der Waals surface area contributed by atoms with E-state index in [0.717, 1.165) is 5.56 Å². The third kappa shape index (κ3) is 6.28. The topological polar surface area (TPSA) is 128 Å². The van der Waals surface area contributed by atoms with Gasteiger partial charge in [-0.1, -0.05) is 47.7 Å². The van der Waals surface area contributed by atoms with E-state index >= 15 is 0 Å². The number of carboxylic acid groups (broad SMARTS) is 1. The molecule has 2 heterocycles.